The first-order valence-corrected chi connectivity index (χ1v) is 6.83. The molecule has 4 heteroatoms. The molecule has 1 amide bonds. The van der Waals surface area contributed by atoms with Crippen molar-refractivity contribution in [3.8, 4) is 0 Å². The molecule has 98 valence electrons. The minimum atomic E-state index is 0.211. The summed E-state index contributed by atoms with van der Waals surface area (Å²) >= 11 is 0. The molecule has 0 aromatic heterocycles. The molecule has 1 aliphatic carbocycles. The number of amides is 1. The Morgan fingerprint density at radius 3 is 2.59 bits per heavy atom. The van der Waals surface area contributed by atoms with Crippen LogP contribution >= 0.6 is 0 Å². The number of hydrogen-bond acceptors (Lipinski definition) is 3. The van der Waals surface area contributed by atoms with E-state index in [1.165, 1.54) is 6.42 Å². The summed E-state index contributed by atoms with van der Waals surface area (Å²) < 4.78 is 5.33. The van der Waals surface area contributed by atoms with Crippen LogP contribution in [-0.4, -0.2) is 38.3 Å². The Balaban J connectivity index is 1.72. The Hall–Kier alpha value is -0.610. The van der Waals surface area contributed by atoms with Crippen LogP contribution in [0.1, 0.15) is 38.5 Å². The largest absolute Gasteiger partial charge is 0.381 e. The number of carbonyl (C=O) groups is 1. The van der Waals surface area contributed by atoms with Gasteiger partial charge in [0.15, 0.2) is 0 Å². The highest BCUT2D eigenvalue weighted by molar-refractivity contribution is 5.79. The second-order valence-electron chi connectivity index (χ2n) is 5.26. The molecule has 4 nitrogen and oxygen atoms in total. The molecule has 0 bridgehead atoms. The smallest absolute Gasteiger partial charge is 0.223 e. The van der Waals surface area contributed by atoms with Gasteiger partial charge in [0.25, 0.3) is 0 Å². The molecule has 1 aliphatic heterocycles. The summed E-state index contributed by atoms with van der Waals surface area (Å²) in [6.45, 7) is 2.02. The second-order valence-corrected chi connectivity index (χ2v) is 5.26. The molecule has 2 fully saturated rings. The first kappa shape index (κ1) is 12.8. The van der Waals surface area contributed by atoms with Crippen molar-refractivity contribution in [2.75, 3.05) is 20.2 Å². The highest BCUT2D eigenvalue weighted by Gasteiger charge is 2.27. The maximum atomic E-state index is 12.1. The summed E-state index contributed by atoms with van der Waals surface area (Å²) in [4.78, 5) is 12.1. The molecular formula is C13H24N2O2. The third-order valence-corrected chi connectivity index (χ3v) is 4.02. The second kappa shape index (κ2) is 6.36. The molecular weight excluding hydrogens is 216 g/mol. The van der Waals surface area contributed by atoms with Crippen molar-refractivity contribution in [3.05, 3.63) is 0 Å². The zero-order valence-electron chi connectivity index (χ0n) is 10.7. The Morgan fingerprint density at radius 1 is 1.24 bits per heavy atom. The molecule has 2 N–H and O–H groups in total. The Labute approximate surface area is 103 Å². The third-order valence-electron chi connectivity index (χ3n) is 4.02. The van der Waals surface area contributed by atoms with Gasteiger partial charge in [-0.1, -0.05) is 0 Å². The third kappa shape index (κ3) is 3.68. The van der Waals surface area contributed by atoms with Crippen LogP contribution in [0, 0.1) is 5.92 Å². The van der Waals surface area contributed by atoms with Gasteiger partial charge >= 0.3 is 0 Å². The van der Waals surface area contributed by atoms with E-state index >= 15 is 0 Å². The average molecular weight is 240 g/mol. The zero-order valence-corrected chi connectivity index (χ0v) is 10.7. The van der Waals surface area contributed by atoms with Gasteiger partial charge in [-0.3, -0.25) is 4.79 Å². The summed E-state index contributed by atoms with van der Waals surface area (Å²) in [5, 5.41) is 6.50. The number of hydrogen-bond donors (Lipinski definition) is 2. The molecule has 2 aliphatic rings. The molecule has 1 saturated heterocycles. The summed E-state index contributed by atoms with van der Waals surface area (Å²) in [5.74, 6) is 0.469. The van der Waals surface area contributed by atoms with E-state index < -0.39 is 0 Å². The molecule has 0 spiro atoms. The van der Waals surface area contributed by atoms with Gasteiger partial charge in [-0.15, -0.1) is 0 Å². The van der Waals surface area contributed by atoms with E-state index in [4.69, 9.17) is 4.74 Å². The van der Waals surface area contributed by atoms with Gasteiger partial charge in [-0.25, -0.2) is 0 Å². The number of nitrogens with one attached hydrogen (secondary N) is 2. The monoisotopic (exact) mass is 240 g/mol. The molecule has 2 rings (SSSR count). The van der Waals surface area contributed by atoms with Crippen molar-refractivity contribution in [2.24, 2.45) is 5.92 Å². The fraction of sp³-hybridized carbons (Fsp3) is 0.923. The fourth-order valence-corrected chi connectivity index (χ4v) is 2.85. The molecule has 17 heavy (non-hydrogen) atoms. The minimum Gasteiger partial charge on any atom is -0.381 e. The first-order valence-electron chi connectivity index (χ1n) is 6.83. The van der Waals surface area contributed by atoms with Crippen molar-refractivity contribution in [3.63, 3.8) is 0 Å². The fourth-order valence-electron chi connectivity index (χ4n) is 2.85. The maximum absolute atomic E-state index is 12.1. The first-order chi connectivity index (χ1) is 8.29. The van der Waals surface area contributed by atoms with Gasteiger partial charge < -0.3 is 15.4 Å². The van der Waals surface area contributed by atoms with E-state index in [-0.39, 0.29) is 11.8 Å². The lowest BCUT2D eigenvalue weighted by atomic mass is 9.86. The van der Waals surface area contributed by atoms with Crippen molar-refractivity contribution in [1.29, 1.82) is 0 Å². The average Bonchev–Trinajstić information content (AvgIpc) is 2.40. The predicted molar refractivity (Wildman–Crippen MR) is 66.8 cm³/mol. The molecule has 0 aromatic rings. The molecule has 1 heterocycles. The van der Waals surface area contributed by atoms with Crippen LogP contribution in [0.3, 0.4) is 0 Å². The summed E-state index contributed by atoms with van der Waals surface area (Å²) in [7, 11) is 1.76. The molecule has 0 radical (unpaired) electrons. The molecule has 1 atom stereocenters. The predicted octanol–water partition coefficient (Wildman–Crippen LogP) is 1.06. The van der Waals surface area contributed by atoms with Gasteiger partial charge in [0.2, 0.25) is 5.91 Å². The van der Waals surface area contributed by atoms with E-state index in [0.717, 1.165) is 45.2 Å². The number of ether oxygens (including phenoxy) is 1. The quantitative estimate of drug-likeness (QED) is 0.775. The Bertz CT molecular complexity index is 244. The van der Waals surface area contributed by atoms with Gasteiger partial charge in [-0.2, -0.15) is 0 Å². The zero-order chi connectivity index (χ0) is 12.1. The summed E-state index contributed by atoms with van der Waals surface area (Å²) in [5.41, 5.74) is 0. The van der Waals surface area contributed by atoms with Crippen LogP contribution < -0.4 is 10.6 Å². The van der Waals surface area contributed by atoms with Crippen LogP contribution in [0.2, 0.25) is 0 Å². The van der Waals surface area contributed by atoms with E-state index in [1.54, 1.807) is 7.11 Å². The van der Waals surface area contributed by atoms with E-state index in [9.17, 15) is 4.79 Å². The van der Waals surface area contributed by atoms with Crippen LogP contribution in [0.25, 0.3) is 0 Å². The van der Waals surface area contributed by atoms with Gasteiger partial charge in [0.05, 0.1) is 6.10 Å². The normalized spacial score (nSPS) is 34.3. The number of rotatable bonds is 3. The number of carbonyl (C=O) groups excluding carboxylic acids is 1. The maximum Gasteiger partial charge on any atom is 0.223 e. The summed E-state index contributed by atoms with van der Waals surface area (Å²) in [6.07, 6.45) is 6.66. The van der Waals surface area contributed by atoms with Crippen LogP contribution in [0.4, 0.5) is 0 Å². The SMILES string of the molecule is COC1CCC(C(=O)NC2CCCNC2)CC1. The highest BCUT2D eigenvalue weighted by Crippen LogP contribution is 2.26. The minimum absolute atomic E-state index is 0.211. The van der Waals surface area contributed by atoms with Crippen molar-refractivity contribution < 1.29 is 9.53 Å². The van der Waals surface area contributed by atoms with Gasteiger partial charge in [0, 0.05) is 25.6 Å². The standard InChI is InChI=1S/C13H24N2O2/c1-17-12-6-4-10(5-7-12)13(16)15-11-3-2-8-14-9-11/h10-12,14H,2-9H2,1H3,(H,15,16). The van der Waals surface area contributed by atoms with Crippen LogP contribution in [-0.2, 0) is 9.53 Å². The number of piperidine rings is 1. The lowest BCUT2D eigenvalue weighted by molar-refractivity contribution is -0.127. The molecule has 1 saturated carbocycles. The van der Waals surface area contributed by atoms with Gasteiger partial charge in [0.1, 0.15) is 0 Å². The van der Waals surface area contributed by atoms with Crippen molar-refractivity contribution in [2.45, 2.75) is 50.7 Å². The van der Waals surface area contributed by atoms with Crippen LogP contribution in [0.15, 0.2) is 0 Å². The topological polar surface area (TPSA) is 50.4 Å². The Kier molecular flexibility index (Phi) is 4.80. The van der Waals surface area contributed by atoms with E-state index in [1.807, 2.05) is 0 Å². The van der Waals surface area contributed by atoms with Crippen LogP contribution in [0.5, 0.6) is 0 Å². The lowest BCUT2D eigenvalue weighted by Gasteiger charge is -2.30. The van der Waals surface area contributed by atoms with E-state index in [0.29, 0.717) is 12.1 Å². The van der Waals surface area contributed by atoms with Crippen molar-refractivity contribution in [1.82, 2.24) is 10.6 Å². The van der Waals surface area contributed by atoms with Crippen molar-refractivity contribution >= 4 is 5.91 Å². The molecule has 1 unspecified atom stereocenters. The number of methoxy groups -OCH3 is 1. The lowest BCUT2D eigenvalue weighted by Crippen LogP contribution is -2.48. The molecule has 0 aromatic carbocycles. The Morgan fingerprint density at radius 2 is 2.00 bits per heavy atom. The highest BCUT2D eigenvalue weighted by atomic mass is 16.5. The summed E-state index contributed by atoms with van der Waals surface area (Å²) in [6, 6.07) is 0.344. The van der Waals surface area contributed by atoms with E-state index in [2.05, 4.69) is 10.6 Å². The van der Waals surface area contributed by atoms with Gasteiger partial charge in [-0.05, 0) is 45.1 Å².